The number of hydrogen-bond donors (Lipinski definition) is 1. The van der Waals surface area contributed by atoms with Gasteiger partial charge in [-0.2, -0.15) is 5.10 Å². The van der Waals surface area contributed by atoms with Gasteiger partial charge in [-0.1, -0.05) is 6.07 Å². The highest BCUT2D eigenvalue weighted by atomic mass is 16.5. The molecule has 0 radical (unpaired) electrons. The number of hydrogen-bond acceptors (Lipinski definition) is 5. The lowest BCUT2D eigenvalue weighted by Crippen LogP contribution is -2.46. The summed E-state index contributed by atoms with van der Waals surface area (Å²) >= 11 is 0. The van der Waals surface area contributed by atoms with Crippen molar-refractivity contribution in [3.8, 4) is 16.9 Å². The summed E-state index contributed by atoms with van der Waals surface area (Å²) in [7, 11) is 3.41. The van der Waals surface area contributed by atoms with Gasteiger partial charge < -0.3 is 19.7 Å². The fourth-order valence-corrected chi connectivity index (χ4v) is 4.37. The molecular weight excluding hydrogens is 384 g/mol. The summed E-state index contributed by atoms with van der Waals surface area (Å²) in [4.78, 5) is 26.8. The van der Waals surface area contributed by atoms with Crippen LogP contribution >= 0.6 is 0 Å². The molecule has 3 heterocycles. The number of nitrogens with one attached hydrogen (secondary N) is 1. The normalized spacial score (nSPS) is 21.8. The van der Waals surface area contributed by atoms with E-state index >= 15 is 0 Å². The highest BCUT2D eigenvalue weighted by Gasteiger charge is 2.33. The third-order valence-electron chi connectivity index (χ3n) is 6.00. The van der Waals surface area contributed by atoms with Crippen LogP contribution in [-0.4, -0.2) is 59.9 Å². The average Bonchev–Trinajstić information content (AvgIpc) is 3.16. The van der Waals surface area contributed by atoms with Gasteiger partial charge in [0.25, 0.3) is 0 Å². The molecule has 1 fully saturated rings. The van der Waals surface area contributed by atoms with E-state index in [2.05, 4.69) is 10.4 Å². The maximum atomic E-state index is 12.7. The number of methoxy groups -OCH3 is 1. The van der Waals surface area contributed by atoms with Crippen LogP contribution in [0.2, 0.25) is 0 Å². The number of carbonyl (C=O) groups excluding carboxylic acids is 2. The molecule has 1 aromatic heterocycles. The second-order valence-electron chi connectivity index (χ2n) is 8.08. The van der Waals surface area contributed by atoms with E-state index in [0.29, 0.717) is 37.6 Å². The van der Waals surface area contributed by atoms with Crippen LogP contribution in [0.3, 0.4) is 0 Å². The van der Waals surface area contributed by atoms with Crippen molar-refractivity contribution in [2.24, 2.45) is 18.9 Å². The number of nitrogens with zero attached hydrogens (tertiary/aromatic N) is 3. The van der Waals surface area contributed by atoms with Crippen LogP contribution in [-0.2, 0) is 21.4 Å². The second kappa shape index (κ2) is 8.87. The predicted octanol–water partition coefficient (Wildman–Crippen LogP) is 2.31. The monoisotopic (exact) mass is 412 g/mol. The summed E-state index contributed by atoms with van der Waals surface area (Å²) in [5, 5.41) is 7.24. The van der Waals surface area contributed by atoms with Gasteiger partial charge >= 0.3 is 0 Å². The minimum atomic E-state index is -0.0115. The number of carbonyl (C=O) groups is 2. The van der Waals surface area contributed by atoms with Gasteiger partial charge in [-0.15, -0.1) is 0 Å². The fraction of sp³-hybridized carbons (Fsp3) is 0.500. The summed E-state index contributed by atoms with van der Waals surface area (Å²) in [6.07, 6.45) is 5.82. The quantitative estimate of drug-likeness (QED) is 0.836. The summed E-state index contributed by atoms with van der Waals surface area (Å²) in [5.74, 6) is 1.13. The number of anilines is 1. The Morgan fingerprint density at radius 2 is 2.17 bits per heavy atom. The zero-order chi connectivity index (χ0) is 21.1. The van der Waals surface area contributed by atoms with Gasteiger partial charge in [-0.3, -0.25) is 14.3 Å². The third-order valence-corrected chi connectivity index (χ3v) is 6.00. The topological polar surface area (TPSA) is 85.7 Å². The molecule has 1 saturated heterocycles. The molecule has 0 unspecified atom stereocenters. The number of rotatable bonds is 3. The molecule has 1 N–H and O–H groups in total. The SMILES string of the molecule is COCC(=O)N1CC[C@H]2CC(=O)Nc3ccc(-c4cnn(C)c4)cc3OCC[C@H]2C1. The van der Waals surface area contributed by atoms with E-state index in [-0.39, 0.29) is 30.3 Å². The molecular formula is C22H28N4O4. The van der Waals surface area contributed by atoms with Gasteiger partial charge in [0.1, 0.15) is 12.4 Å². The van der Waals surface area contributed by atoms with Crippen LogP contribution in [0.1, 0.15) is 19.3 Å². The average molecular weight is 412 g/mol. The van der Waals surface area contributed by atoms with Crippen molar-refractivity contribution in [1.82, 2.24) is 14.7 Å². The Morgan fingerprint density at radius 3 is 2.93 bits per heavy atom. The van der Waals surface area contributed by atoms with Crippen LogP contribution in [0.25, 0.3) is 11.1 Å². The smallest absolute Gasteiger partial charge is 0.248 e. The number of fused-ring (bicyclic) bond motifs is 2. The molecule has 0 aliphatic carbocycles. The molecule has 30 heavy (non-hydrogen) atoms. The molecule has 1 aromatic carbocycles. The number of aromatic nitrogens is 2. The van der Waals surface area contributed by atoms with Gasteiger partial charge in [-0.05, 0) is 42.4 Å². The van der Waals surface area contributed by atoms with Gasteiger partial charge in [0.2, 0.25) is 11.8 Å². The van der Waals surface area contributed by atoms with Crippen molar-refractivity contribution in [2.75, 3.05) is 38.7 Å². The molecule has 2 atom stereocenters. The molecule has 160 valence electrons. The Kier molecular flexibility index (Phi) is 6.03. The zero-order valence-corrected chi connectivity index (χ0v) is 17.5. The first-order valence-corrected chi connectivity index (χ1v) is 10.4. The van der Waals surface area contributed by atoms with Crippen molar-refractivity contribution in [3.63, 3.8) is 0 Å². The van der Waals surface area contributed by atoms with E-state index in [1.807, 2.05) is 36.3 Å². The van der Waals surface area contributed by atoms with Crippen LogP contribution in [0.4, 0.5) is 5.69 Å². The summed E-state index contributed by atoms with van der Waals surface area (Å²) in [6, 6.07) is 5.80. The van der Waals surface area contributed by atoms with Crippen molar-refractivity contribution < 1.29 is 19.1 Å². The lowest BCUT2D eigenvalue weighted by molar-refractivity contribution is -0.138. The first kappa shape index (κ1) is 20.4. The lowest BCUT2D eigenvalue weighted by atomic mass is 9.81. The van der Waals surface area contributed by atoms with Crippen LogP contribution in [0.15, 0.2) is 30.6 Å². The molecule has 2 aromatic rings. The van der Waals surface area contributed by atoms with E-state index in [9.17, 15) is 9.59 Å². The van der Waals surface area contributed by atoms with E-state index < -0.39 is 0 Å². The number of aryl methyl sites for hydroxylation is 1. The van der Waals surface area contributed by atoms with Gasteiger partial charge in [0, 0.05) is 45.4 Å². The highest BCUT2D eigenvalue weighted by Crippen LogP contribution is 2.35. The van der Waals surface area contributed by atoms with Gasteiger partial charge in [-0.25, -0.2) is 0 Å². The lowest BCUT2D eigenvalue weighted by Gasteiger charge is -2.39. The van der Waals surface area contributed by atoms with Crippen molar-refractivity contribution in [2.45, 2.75) is 19.3 Å². The number of ether oxygens (including phenoxy) is 2. The largest absolute Gasteiger partial charge is 0.491 e. The fourth-order valence-electron chi connectivity index (χ4n) is 4.37. The second-order valence-corrected chi connectivity index (χ2v) is 8.08. The molecule has 2 amide bonds. The maximum Gasteiger partial charge on any atom is 0.248 e. The predicted molar refractivity (Wildman–Crippen MR) is 112 cm³/mol. The van der Waals surface area contributed by atoms with E-state index in [1.165, 1.54) is 7.11 Å². The Bertz CT molecular complexity index is 926. The Balaban J connectivity index is 1.52. The molecule has 0 saturated carbocycles. The summed E-state index contributed by atoms with van der Waals surface area (Å²) in [5.41, 5.74) is 2.67. The number of amides is 2. The standard InChI is InChI=1S/C22H28N4O4/c1-25-12-18(11-23-25)15-3-4-19-20(9-15)30-8-6-17-13-26(22(28)14-29-2)7-5-16(17)10-21(27)24-19/h3-4,9,11-12,16-17H,5-8,10,13-14H2,1-2H3,(H,24,27)/t16-,17-/m0/s1. The Labute approximate surface area is 176 Å². The summed E-state index contributed by atoms with van der Waals surface area (Å²) < 4.78 is 12.9. The Hall–Kier alpha value is -2.87. The van der Waals surface area contributed by atoms with Crippen molar-refractivity contribution >= 4 is 17.5 Å². The zero-order valence-electron chi connectivity index (χ0n) is 17.5. The third kappa shape index (κ3) is 4.48. The first-order valence-electron chi connectivity index (χ1n) is 10.4. The number of benzene rings is 1. The van der Waals surface area contributed by atoms with Crippen molar-refractivity contribution in [3.05, 3.63) is 30.6 Å². The van der Waals surface area contributed by atoms with Crippen LogP contribution in [0.5, 0.6) is 5.75 Å². The Morgan fingerprint density at radius 1 is 1.30 bits per heavy atom. The van der Waals surface area contributed by atoms with Gasteiger partial charge in [0.15, 0.2) is 0 Å². The van der Waals surface area contributed by atoms with E-state index in [0.717, 1.165) is 24.0 Å². The number of piperidine rings is 1. The van der Waals surface area contributed by atoms with E-state index in [4.69, 9.17) is 9.47 Å². The molecule has 0 spiro atoms. The summed E-state index contributed by atoms with van der Waals surface area (Å²) in [6.45, 7) is 1.94. The van der Waals surface area contributed by atoms with Gasteiger partial charge in [0.05, 0.1) is 18.5 Å². The molecule has 4 rings (SSSR count). The molecule has 2 aliphatic rings. The molecule has 0 bridgehead atoms. The number of likely N-dealkylation sites (tertiary alicyclic amines) is 1. The molecule has 8 heteroatoms. The maximum absolute atomic E-state index is 12.7. The minimum absolute atomic E-state index is 0.00451. The molecule has 8 nitrogen and oxygen atoms in total. The highest BCUT2D eigenvalue weighted by molar-refractivity contribution is 5.93. The van der Waals surface area contributed by atoms with Crippen molar-refractivity contribution in [1.29, 1.82) is 0 Å². The first-order chi connectivity index (χ1) is 14.5. The van der Waals surface area contributed by atoms with Crippen LogP contribution < -0.4 is 10.1 Å². The molecule has 2 aliphatic heterocycles. The van der Waals surface area contributed by atoms with E-state index in [1.54, 1.807) is 10.9 Å². The van der Waals surface area contributed by atoms with Crippen LogP contribution in [0, 0.1) is 11.8 Å². The minimum Gasteiger partial charge on any atom is -0.491 e.